The summed E-state index contributed by atoms with van der Waals surface area (Å²) in [5.74, 6) is -3.83. The Morgan fingerprint density at radius 1 is 1.39 bits per heavy atom. The molecule has 1 rings (SSSR count). The first-order valence-electron chi connectivity index (χ1n) is 4.36. The van der Waals surface area contributed by atoms with Crippen LogP contribution in [-0.2, 0) is 4.74 Å². The number of ether oxygens (including phenoxy) is 2. The number of hydrogen-bond donors (Lipinski definition) is 0. The fourth-order valence-electron chi connectivity index (χ4n) is 1.16. The van der Waals surface area contributed by atoms with Gasteiger partial charge in [0.05, 0.1) is 12.7 Å². The minimum absolute atomic E-state index is 0.513. The van der Waals surface area contributed by atoms with E-state index in [4.69, 9.17) is 5.26 Å². The smallest absolute Gasteiger partial charge is 0.465 e. The quantitative estimate of drug-likeness (QED) is 0.607. The van der Waals surface area contributed by atoms with Gasteiger partial charge in [-0.15, -0.1) is 13.2 Å². The number of benzene rings is 1. The summed E-state index contributed by atoms with van der Waals surface area (Å²) in [5.41, 5.74) is -1.39. The van der Waals surface area contributed by atoms with Gasteiger partial charge in [0.1, 0.15) is 11.6 Å². The van der Waals surface area contributed by atoms with E-state index in [9.17, 15) is 22.4 Å². The second-order valence-electron chi connectivity index (χ2n) is 2.95. The van der Waals surface area contributed by atoms with Crippen molar-refractivity contribution in [3.8, 4) is 11.8 Å². The number of methoxy groups -OCH3 is 1. The van der Waals surface area contributed by atoms with Gasteiger partial charge in [0.15, 0.2) is 11.6 Å². The zero-order chi connectivity index (χ0) is 13.9. The Balaban J connectivity index is 3.41. The van der Waals surface area contributed by atoms with Gasteiger partial charge in [0, 0.05) is 0 Å². The lowest BCUT2D eigenvalue weighted by atomic mass is 10.1. The van der Waals surface area contributed by atoms with Crippen molar-refractivity contribution in [1.82, 2.24) is 0 Å². The lowest BCUT2D eigenvalue weighted by Crippen LogP contribution is -2.20. The van der Waals surface area contributed by atoms with Crippen LogP contribution in [0.5, 0.6) is 5.75 Å². The van der Waals surface area contributed by atoms with Crippen LogP contribution in [0.4, 0.5) is 17.6 Å². The molecule has 0 amide bonds. The molecule has 0 saturated carbocycles. The van der Waals surface area contributed by atoms with E-state index >= 15 is 0 Å². The molecule has 96 valence electrons. The summed E-state index contributed by atoms with van der Waals surface area (Å²) in [5, 5.41) is 8.69. The predicted octanol–water partition coefficient (Wildman–Crippen LogP) is 2.38. The Kier molecular flexibility index (Phi) is 3.76. The van der Waals surface area contributed by atoms with Gasteiger partial charge in [-0.05, 0) is 12.1 Å². The molecule has 0 aliphatic carbocycles. The molecule has 0 radical (unpaired) electrons. The second-order valence-corrected chi connectivity index (χ2v) is 2.95. The zero-order valence-electron chi connectivity index (χ0n) is 8.84. The monoisotopic (exact) mass is 263 g/mol. The van der Waals surface area contributed by atoms with Crippen LogP contribution in [0.25, 0.3) is 0 Å². The maximum Gasteiger partial charge on any atom is 0.573 e. The fourth-order valence-corrected chi connectivity index (χ4v) is 1.16. The number of halogens is 4. The molecule has 1 aromatic rings. The van der Waals surface area contributed by atoms with Gasteiger partial charge in [-0.25, -0.2) is 9.18 Å². The maximum atomic E-state index is 13.2. The molecule has 8 heteroatoms. The summed E-state index contributed by atoms with van der Waals surface area (Å²) in [4.78, 5) is 11.2. The number of hydrogen-bond acceptors (Lipinski definition) is 4. The van der Waals surface area contributed by atoms with Crippen molar-refractivity contribution in [3.63, 3.8) is 0 Å². The van der Waals surface area contributed by atoms with Gasteiger partial charge in [-0.2, -0.15) is 5.26 Å². The molecular weight excluding hydrogens is 258 g/mol. The van der Waals surface area contributed by atoms with E-state index in [0.717, 1.165) is 13.2 Å². The van der Waals surface area contributed by atoms with Crippen LogP contribution < -0.4 is 4.74 Å². The van der Waals surface area contributed by atoms with E-state index in [1.165, 1.54) is 6.07 Å². The van der Waals surface area contributed by atoms with Crippen molar-refractivity contribution < 1.29 is 31.8 Å². The molecule has 0 fully saturated rings. The van der Waals surface area contributed by atoms with Crippen LogP contribution in [0.15, 0.2) is 12.1 Å². The van der Waals surface area contributed by atoms with Crippen molar-refractivity contribution in [1.29, 1.82) is 5.26 Å². The highest BCUT2D eigenvalue weighted by atomic mass is 19.4. The van der Waals surface area contributed by atoms with E-state index in [0.29, 0.717) is 6.07 Å². The van der Waals surface area contributed by atoms with E-state index in [1.807, 2.05) is 0 Å². The van der Waals surface area contributed by atoms with Gasteiger partial charge < -0.3 is 9.47 Å². The number of rotatable bonds is 2. The van der Waals surface area contributed by atoms with Crippen molar-refractivity contribution in [3.05, 3.63) is 29.1 Å². The molecule has 4 nitrogen and oxygen atoms in total. The van der Waals surface area contributed by atoms with Crippen LogP contribution >= 0.6 is 0 Å². The molecule has 0 heterocycles. The third-order valence-corrected chi connectivity index (χ3v) is 1.84. The molecule has 0 atom stereocenters. The summed E-state index contributed by atoms with van der Waals surface area (Å²) >= 11 is 0. The Bertz CT molecular complexity index is 519. The van der Waals surface area contributed by atoms with Crippen LogP contribution in [-0.4, -0.2) is 19.4 Å². The van der Waals surface area contributed by atoms with Gasteiger partial charge >= 0.3 is 12.3 Å². The highest BCUT2D eigenvalue weighted by Gasteiger charge is 2.35. The summed E-state index contributed by atoms with van der Waals surface area (Å²) < 4.78 is 56.9. The molecule has 0 unspecified atom stereocenters. The SMILES string of the molecule is COC(=O)c1ccc(F)c(OC(F)(F)F)c1C#N. The van der Waals surface area contributed by atoms with Gasteiger partial charge in [-0.1, -0.05) is 0 Å². The number of esters is 1. The number of alkyl halides is 3. The van der Waals surface area contributed by atoms with E-state index < -0.39 is 35.0 Å². The highest BCUT2D eigenvalue weighted by molar-refractivity contribution is 5.93. The Morgan fingerprint density at radius 2 is 2.00 bits per heavy atom. The molecule has 0 spiro atoms. The van der Waals surface area contributed by atoms with Gasteiger partial charge in [-0.3, -0.25) is 0 Å². The van der Waals surface area contributed by atoms with E-state index in [2.05, 4.69) is 9.47 Å². The first-order chi connectivity index (χ1) is 8.30. The predicted molar refractivity (Wildman–Crippen MR) is 49.1 cm³/mol. The molecule has 0 saturated heterocycles. The van der Waals surface area contributed by atoms with Crippen LogP contribution in [0, 0.1) is 17.1 Å². The third-order valence-electron chi connectivity index (χ3n) is 1.84. The van der Waals surface area contributed by atoms with Crippen molar-refractivity contribution in [2.75, 3.05) is 7.11 Å². The summed E-state index contributed by atoms with van der Waals surface area (Å²) in [6.45, 7) is 0. The Hall–Kier alpha value is -2.30. The normalized spacial score (nSPS) is 10.7. The molecule has 0 aliphatic rings. The minimum atomic E-state index is -5.18. The standard InChI is InChI=1S/C10H5F4NO3/c1-17-9(16)5-2-3-7(11)8(6(5)4-15)18-10(12,13)14/h2-3H,1H3. The summed E-state index contributed by atoms with van der Waals surface area (Å²) in [6, 6.07) is 2.69. The van der Waals surface area contributed by atoms with Crippen molar-refractivity contribution in [2.24, 2.45) is 0 Å². The molecule has 0 N–H and O–H groups in total. The van der Waals surface area contributed by atoms with Gasteiger partial charge in [0.2, 0.25) is 0 Å². The van der Waals surface area contributed by atoms with Crippen molar-refractivity contribution >= 4 is 5.97 Å². The van der Waals surface area contributed by atoms with Crippen molar-refractivity contribution in [2.45, 2.75) is 6.36 Å². The lowest BCUT2D eigenvalue weighted by molar-refractivity contribution is -0.275. The second kappa shape index (κ2) is 4.91. The third kappa shape index (κ3) is 2.88. The highest BCUT2D eigenvalue weighted by Crippen LogP contribution is 2.31. The fraction of sp³-hybridized carbons (Fsp3) is 0.200. The average molecular weight is 263 g/mol. The molecule has 0 aromatic heterocycles. The first-order valence-corrected chi connectivity index (χ1v) is 4.36. The van der Waals surface area contributed by atoms with Crippen LogP contribution in [0.3, 0.4) is 0 Å². The zero-order valence-corrected chi connectivity index (χ0v) is 8.84. The number of nitriles is 1. The molecule has 18 heavy (non-hydrogen) atoms. The topological polar surface area (TPSA) is 59.3 Å². The average Bonchev–Trinajstić information content (AvgIpc) is 2.29. The van der Waals surface area contributed by atoms with E-state index in [1.54, 1.807) is 0 Å². The first kappa shape index (κ1) is 13.8. The Morgan fingerprint density at radius 3 is 2.44 bits per heavy atom. The van der Waals surface area contributed by atoms with E-state index in [-0.39, 0.29) is 0 Å². The number of carbonyl (C=O) groups excluding carboxylic acids is 1. The maximum absolute atomic E-state index is 13.2. The van der Waals surface area contributed by atoms with Crippen LogP contribution in [0.1, 0.15) is 15.9 Å². The number of nitrogens with zero attached hydrogens (tertiary/aromatic N) is 1. The molecular formula is C10H5F4NO3. The largest absolute Gasteiger partial charge is 0.573 e. The summed E-state index contributed by atoms with van der Waals surface area (Å²) in [7, 11) is 0.969. The Labute approximate surface area is 98.3 Å². The lowest BCUT2D eigenvalue weighted by Gasteiger charge is -2.12. The minimum Gasteiger partial charge on any atom is -0.465 e. The molecule has 0 aliphatic heterocycles. The number of carbonyl (C=O) groups is 1. The van der Waals surface area contributed by atoms with Gasteiger partial charge in [0.25, 0.3) is 0 Å². The van der Waals surface area contributed by atoms with Crippen LogP contribution in [0.2, 0.25) is 0 Å². The molecule has 0 bridgehead atoms. The molecule has 1 aromatic carbocycles. The summed E-state index contributed by atoms with van der Waals surface area (Å²) in [6.07, 6.45) is -5.18.